The van der Waals surface area contributed by atoms with Crippen LogP contribution in [0.3, 0.4) is 0 Å². The topological polar surface area (TPSA) is 42.2 Å². The van der Waals surface area contributed by atoms with E-state index in [1.54, 1.807) is 7.05 Å². The molecule has 3 rings (SSSR count). The van der Waals surface area contributed by atoms with Crippen molar-refractivity contribution in [2.75, 3.05) is 7.05 Å². The number of nitrogens with one attached hydrogen (secondary N) is 1. The van der Waals surface area contributed by atoms with E-state index in [9.17, 15) is 4.79 Å². The van der Waals surface area contributed by atoms with Gasteiger partial charge in [0.05, 0.1) is 0 Å². The third-order valence-corrected chi connectivity index (χ3v) is 5.55. The number of furan rings is 1. The summed E-state index contributed by atoms with van der Waals surface area (Å²) in [6, 6.07) is 7.91. The third kappa shape index (κ3) is 3.10. The Morgan fingerprint density at radius 2 is 2.05 bits per heavy atom. The Labute approximate surface area is 129 Å². The summed E-state index contributed by atoms with van der Waals surface area (Å²) in [6.07, 6.45) is 6.65. The highest BCUT2D eigenvalue weighted by Crippen LogP contribution is 2.34. The predicted molar refractivity (Wildman–Crippen MR) is 87.8 cm³/mol. The molecular formula is C17H21NO2S. The van der Waals surface area contributed by atoms with E-state index in [4.69, 9.17) is 4.42 Å². The lowest BCUT2D eigenvalue weighted by Gasteiger charge is -2.20. The highest BCUT2D eigenvalue weighted by Gasteiger charge is 2.21. The van der Waals surface area contributed by atoms with Crippen molar-refractivity contribution in [3.05, 3.63) is 35.6 Å². The Hall–Kier alpha value is -1.42. The number of hydrogen-bond acceptors (Lipinski definition) is 3. The molecule has 0 aliphatic heterocycles. The van der Waals surface area contributed by atoms with Crippen LogP contribution in [0.4, 0.5) is 0 Å². The van der Waals surface area contributed by atoms with Crippen molar-refractivity contribution in [3.8, 4) is 0 Å². The van der Waals surface area contributed by atoms with E-state index in [0.717, 1.165) is 27.5 Å². The van der Waals surface area contributed by atoms with Gasteiger partial charge in [-0.1, -0.05) is 37.5 Å². The average molecular weight is 303 g/mol. The molecule has 3 nitrogen and oxygen atoms in total. The largest absolute Gasteiger partial charge is 0.451 e. The zero-order valence-corrected chi connectivity index (χ0v) is 13.2. The lowest BCUT2D eigenvalue weighted by atomic mass is 10.0. The number of hydrogen-bond donors (Lipinski definition) is 1. The van der Waals surface area contributed by atoms with Gasteiger partial charge in [0.2, 0.25) is 0 Å². The SMILES string of the molecule is CNC(=O)c1oc2ccccc2c1CSC1CCCCC1. The fourth-order valence-electron chi connectivity index (χ4n) is 2.97. The van der Waals surface area contributed by atoms with Gasteiger partial charge in [0.1, 0.15) is 5.58 Å². The monoisotopic (exact) mass is 303 g/mol. The van der Waals surface area contributed by atoms with E-state index < -0.39 is 0 Å². The number of fused-ring (bicyclic) bond motifs is 1. The molecule has 1 aliphatic rings. The molecule has 1 fully saturated rings. The van der Waals surface area contributed by atoms with Gasteiger partial charge in [-0.25, -0.2) is 0 Å². The first-order valence-corrected chi connectivity index (χ1v) is 8.68. The smallest absolute Gasteiger partial charge is 0.287 e. The van der Waals surface area contributed by atoms with Crippen LogP contribution in [0.25, 0.3) is 11.0 Å². The van der Waals surface area contributed by atoms with E-state index in [1.807, 2.05) is 36.0 Å². The van der Waals surface area contributed by atoms with Crippen LogP contribution in [-0.2, 0) is 5.75 Å². The zero-order chi connectivity index (χ0) is 14.7. The minimum Gasteiger partial charge on any atom is -0.451 e. The van der Waals surface area contributed by atoms with Crippen LogP contribution >= 0.6 is 11.8 Å². The number of thioether (sulfide) groups is 1. The molecule has 1 amide bonds. The lowest BCUT2D eigenvalue weighted by Crippen LogP contribution is -2.18. The van der Waals surface area contributed by atoms with Crippen LogP contribution in [0, 0.1) is 0 Å². The van der Waals surface area contributed by atoms with Crippen molar-refractivity contribution in [1.29, 1.82) is 0 Å². The molecule has 1 aliphatic carbocycles. The number of carbonyl (C=O) groups is 1. The summed E-state index contributed by atoms with van der Waals surface area (Å²) in [6.45, 7) is 0. The molecule has 1 aromatic carbocycles. The maximum atomic E-state index is 12.0. The maximum absolute atomic E-state index is 12.0. The Morgan fingerprint density at radius 3 is 2.81 bits per heavy atom. The van der Waals surface area contributed by atoms with Crippen LogP contribution < -0.4 is 5.32 Å². The summed E-state index contributed by atoms with van der Waals surface area (Å²) in [7, 11) is 1.65. The van der Waals surface area contributed by atoms with E-state index >= 15 is 0 Å². The second-order valence-electron chi connectivity index (χ2n) is 5.56. The second-order valence-corrected chi connectivity index (χ2v) is 6.84. The first kappa shape index (κ1) is 14.5. The number of para-hydroxylation sites is 1. The van der Waals surface area contributed by atoms with E-state index in [1.165, 1.54) is 32.1 Å². The molecule has 0 bridgehead atoms. The molecule has 0 unspecified atom stereocenters. The van der Waals surface area contributed by atoms with E-state index in [2.05, 4.69) is 5.32 Å². The van der Waals surface area contributed by atoms with Gasteiger partial charge in [0, 0.05) is 29.0 Å². The standard InChI is InChI=1S/C17H21NO2S/c1-18-17(19)16-14(11-21-12-7-3-2-4-8-12)13-9-5-6-10-15(13)20-16/h5-6,9-10,12H,2-4,7-8,11H2,1H3,(H,18,19). The Morgan fingerprint density at radius 1 is 1.29 bits per heavy atom. The molecule has 0 atom stereocenters. The van der Waals surface area contributed by atoms with Crippen molar-refractivity contribution in [2.45, 2.75) is 43.1 Å². The van der Waals surface area contributed by atoms with Gasteiger partial charge in [-0.3, -0.25) is 4.79 Å². The minimum absolute atomic E-state index is 0.134. The molecule has 0 radical (unpaired) electrons. The van der Waals surface area contributed by atoms with Gasteiger partial charge < -0.3 is 9.73 Å². The normalized spacial score (nSPS) is 16.2. The van der Waals surface area contributed by atoms with Crippen molar-refractivity contribution in [2.24, 2.45) is 0 Å². The molecule has 21 heavy (non-hydrogen) atoms. The third-order valence-electron chi connectivity index (χ3n) is 4.15. The molecule has 1 aromatic heterocycles. The molecule has 112 valence electrons. The molecular weight excluding hydrogens is 282 g/mol. The minimum atomic E-state index is -0.134. The van der Waals surface area contributed by atoms with E-state index in [-0.39, 0.29) is 5.91 Å². The van der Waals surface area contributed by atoms with Crippen LogP contribution in [0.1, 0.15) is 48.2 Å². The summed E-state index contributed by atoms with van der Waals surface area (Å²) < 4.78 is 5.77. The highest BCUT2D eigenvalue weighted by molar-refractivity contribution is 7.99. The first-order chi connectivity index (χ1) is 10.3. The predicted octanol–water partition coefficient (Wildman–Crippen LogP) is 4.36. The number of carbonyl (C=O) groups excluding carboxylic acids is 1. The summed E-state index contributed by atoms with van der Waals surface area (Å²) in [5, 5.41) is 4.47. The number of rotatable bonds is 4. The second kappa shape index (κ2) is 6.56. The van der Waals surface area contributed by atoms with Crippen LogP contribution in [0.5, 0.6) is 0 Å². The number of amides is 1. The van der Waals surface area contributed by atoms with Crippen LogP contribution in [0.15, 0.2) is 28.7 Å². The quantitative estimate of drug-likeness (QED) is 0.912. The van der Waals surface area contributed by atoms with Gasteiger partial charge in [-0.2, -0.15) is 11.8 Å². The van der Waals surface area contributed by atoms with Crippen LogP contribution in [-0.4, -0.2) is 18.2 Å². The summed E-state index contributed by atoms with van der Waals surface area (Å²) >= 11 is 1.97. The molecule has 2 aromatic rings. The Bertz CT molecular complexity index is 629. The van der Waals surface area contributed by atoms with Gasteiger partial charge in [0.25, 0.3) is 5.91 Å². The Balaban J connectivity index is 1.85. The van der Waals surface area contributed by atoms with Crippen molar-refractivity contribution in [3.63, 3.8) is 0 Å². The summed E-state index contributed by atoms with van der Waals surface area (Å²) in [5.41, 5.74) is 1.84. The Kier molecular flexibility index (Phi) is 4.54. The molecule has 4 heteroatoms. The maximum Gasteiger partial charge on any atom is 0.287 e. The fourth-order valence-corrected chi connectivity index (χ4v) is 4.33. The highest BCUT2D eigenvalue weighted by atomic mass is 32.2. The lowest BCUT2D eigenvalue weighted by molar-refractivity contribution is 0.0937. The zero-order valence-electron chi connectivity index (χ0n) is 12.4. The van der Waals surface area contributed by atoms with Crippen LogP contribution in [0.2, 0.25) is 0 Å². The molecule has 0 spiro atoms. The van der Waals surface area contributed by atoms with Gasteiger partial charge in [-0.15, -0.1) is 0 Å². The summed E-state index contributed by atoms with van der Waals surface area (Å²) in [4.78, 5) is 12.0. The van der Waals surface area contributed by atoms with Gasteiger partial charge in [0.15, 0.2) is 5.76 Å². The van der Waals surface area contributed by atoms with Crippen molar-refractivity contribution in [1.82, 2.24) is 5.32 Å². The summed E-state index contributed by atoms with van der Waals surface area (Å²) in [5.74, 6) is 1.19. The molecule has 0 saturated heterocycles. The molecule has 1 N–H and O–H groups in total. The average Bonchev–Trinajstić information content (AvgIpc) is 2.92. The van der Waals surface area contributed by atoms with Crippen molar-refractivity contribution >= 4 is 28.6 Å². The first-order valence-electron chi connectivity index (χ1n) is 7.63. The molecule has 1 saturated carbocycles. The molecule has 1 heterocycles. The fraction of sp³-hybridized carbons (Fsp3) is 0.471. The van der Waals surface area contributed by atoms with Crippen molar-refractivity contribution < 1.29 is 9.21 Å². The van der Waals surface area contributed by atoms with E-state index in [0.29, 0.717) is 5.76 Å². The number of benzene rings is 1. The van der Waals surface area contributed by atoms with Gasteiger partial charge in [-0.05, 0) is 18.9 Å². The van der Waals surface area contributed by atoms with Gasteiger partial charge >= 0.3 is 0 Å².